The lowest BCUT2D eigenvalue weighted by atomic mass is 9.79. The van der Waals surface area contributed by atoms with E-state index in [0.717, 1.165) is 0 Å². The highest BCUT2D eigenvalue weighted by atomic mass is 32.2. The van der Waals surface area contributed by atoms with E-state index in [4.69, 9.17) is 0 Å². The van der Waals surface area contributed by atoms with Gasteiger partial charge in [0.05, 0.1) is 18.1 Å². The fourth-order valence-electron chi connectivity index (χ4n) is 3.52. The van der Waals surface area contributed by atoms with Crippen molar-refractivity contribution in [3.8, 4) is 0 Å². The summed E-state index contributed by atoms with van der Waals surface area (Å²) in [4.78, 5) is 37.0. The SMILES string of the molecule is C[C@@H](O)C1C(=O)N2C(C(=O)O)=C(S[C@H]3CNC(=O)C3)[C@H](C)[C@H]12. The molecule has 0 aromatic heterocycles. The molecule has 8 heteroatoms. The zero-order valence-electron chi connectivity index (χ0n) is 12.3. The first-order valence-corrected chi connectivity index (χ1v) is 8.12. The minimum Gasteiger partial charge on any atom is -0.477 e. The predicted octanol–water partition coefficient (Wildman–Crippen LogP) is -0.238. The van der Waals surface area contributed by atoms with Crippen molar-refractivity contribution in [3.05, 3.63) is 10.6 Å². The number of hydrogen-bond donors (Lipinski definition) is 3. The van der Waals surface area contributed by atoms with Gasteiger partial charge in [0, 0.05) is 29.0 Å². The Labute approximate surface area is 131 Å². The molecule has 120 valence electrons. The van der Waals surface area contributed by atoms with Gasteiger partial charge in [-0.3, -0.25) is 9.59 Å². The van der Waals surface area contributed by atoms with Gasteiger partial charge in [0.15, 0.2) is 0 Å². The van der Waals surface area contributed by atoms with Crippen LogP contribution in [0.3, 0.4) is 0 Å². The van der Waals surface area contributed by atoms with Gasteiger partial charge < -0.3 is 20.4 Å². The number of nitrogens with zero attached hydrogens (tertiary/aromatic N) is 1. The Bertz CT molecular complexity index is 588. The number of fused-ring (bicyclic) bond motifs is 1. The third-order valence-electron chi connectivity index (χ3n) is 4.54. The molecule has 5 atom stereocenters. The molecule has 0 aliphatic carbocycles. The number of nitrogens with one attached hydrogen (secondary N) is 1. The molecule has 0 radical (unpaired) electrons. The average Bonchev–Trinajstić information content (AvgIpc) is 2.92. The van der Waals surface area contributed by atoms with Crippen LogP contribution in [0.1, 0.15) is 20.3 Å². The van der Waals surface area contributed by atoms with E-state index in [2.05, 4.69) is 5.32 Å². The van der Waals surface area contributed by atoms with Crippen LogP contribution in [-0.4, -0.2) is 56.8 Å². The minimum atomic E-state index is -1.13. The Morgan fingerprint density at radius 1 is 1.45 bits per heavy atom. The summed E-state index contributed by atoms with van der Waals surface area (Å²) in [5.41, 5.74) is 0.0174. The standard InChI is InChI=1S/C14H18N2O5S/c1-5-10-9(6(2)17)13(19)16(10)11(14(20)21)12(5)22-7-3-8(18)15-4-7/h5-7,9-10,17H,3-4H2,1-2H3,(H,15,18)(H,20,21)/t5-,6-,7-,9?,10-/m1/s1. The Morgan fingerprint density at radius 3 is 2.64 bits per heavy atom. The zero-order chi connectivity index (χ0) is 16.2. The molecule has 3 heterocycles. The van der Waals surface area contributed by atoms with Gasteiger partial charge in [0.1, 0.15) is 5.70 Å². The molecule has 2 fully saturated rings. The first-order valence-electron chi connectivity index (χ1n) is 7.25. The molecule has 0 bridgehead atoms. The van der Waals surface area contributed by atoms with Crippen LogP contribution in [0.25, 0.3) is 0 Å². The molecule has 3 N–H and O–H groups in total. The summed E-state index contributed by atoms with van der Waals surface area (Å²) in [6, 6.07) is -0.300. The quantitative estimate of drug-likeness (QED) is 0.616. The number of hydrogen-bond acceptors (Lipinski definition) is 5. The van der Waals surface area contributed by atoms with E-state index in [1.807, 2.05) is 6.92 Å². The largest absolute Gasteiger partial charge is 0.477 e. The summed E-state index contributed by atoms with van der Waals surface area (Å²) in [6.45, 7) is 3.94. The molecule has 3 aliphatic heterocycles. The van der Waals surface area contributed by atoms with E-state index in [1.165, 1.54) is 16.7 Å². The highest BCUT2D eigenvalue weighted by Crippen LogP contribution is 2.51. The molecule has 0 spiro atoms. The molecule has 2 saturated heterocycles. The van der Waals surface area contributed by atoms with E-state index in [1.54, 1.807) is 6.92 Å². The molecule has 0 saturated carbocycles. The summed E-state index contributed by atoms with van der Waals surface area (Å²) >= 11 is 1.37. The van der Waals surface area contributed by atoms with Crippen molar-refractivity contribution in [2.75, 3.05) is 6.54 Å². The fourth-order valence-corrected chi connectivity index (χ4v) is 4.93. The zero-order valence-corrected chi connectivity index (χ0v) is 13.1. The molecule has 2 amide bonds. The van der Waals surface area contributed by atoms with Crippen LogP contribution in [0.5, 0.6) is 0 Å². The summed E-state index contributed by atoms with van der Waals surface area (Å²) in [6.07, 6.45) is -0.447. The van der Waals surface area contributed by atoms with Crippen LogP contribution in [0, 0.1) is 11.8 Å². The second kappa shape index (κ2) is 5.27. The van der Waals surface area contributed by atoms with Gasteiger partial charge in [-0.1, -0.05) is 6.92 Å². The van der Waals surface area contributed by atoms with Crippen molar-refractivity contribution in [2.24, 2.45) is 11.8 Å². The number of carbonyl (C=O) groups is 3. The summed E-state index contributed by atoms with van der Waals surface area (Å²) < 4.78 is 0. The molecule has 3 aliphatic rings. The summed E-state index contributed by atoms with van der Waals surface area (Å²) in [5, 5.41) is 22.0. The van der Waals surface area contributed by atoms with E-state index in [0.29, 0.717) is 17.9 Å². The number of β-lactam (4-membered cyclic amide) rings is 1. The number of carbonyl (C=O) groups excluding carboxylic acids is 2. The molecule has 0 aromatic carbocycles. The van der Waals surface area contributed by atoms with Crippen molar-refractivity contribution in [3.63, 3.8) is 0 Å². The van der Waals surface area contributed by atoms with Gasteiger partial charge in [-0.25, -0.2) is 4.79 Å². The van der Waals surface area contributed by atoms with E-state index in [-0.39, 0.29) is 34.7 Å². The lowest BCUT2D eigenvalue weighted by molar-refractivity contribution is -0.163. The topological polar surface area (TPSA) is 107 Å². The van der Waals surface area contributed by atoms with Gasteiger partial charge in [0.2, 0.25) is 11.8 Å². The highest BCUT2D eigenvalue weighted by Gasteiger charge is 2.60. The second-order valence-electron chi connectivity index (χ2n) is 6.02. The van der Waals surface area contributed by atoms with Crippen molar-refractivity contribution in [1.82, 2.24) is 10.2 Å². The maximum atomic E-state index is 12.2. The maximum Gasteiger partial charge on any atom is 0.353 e. The number of aliphatic hydroxyl groups excluding tert-OH is 1. The van der Waals surface area contributed by atoms with Crippen LogP contribution in [-0.2, 0) is 14.4 Å². The predicted molar refractivity (Wildman–Crippen MR) is 78.6 cm³/mol. The molecule has 22 heavy (non-hydrogen) atoms. The molecule has 0 aromatic rings. The van der Waals surface area contributed by atoms with Crippen LogP contribution in [0.2, 0.25) is 0 Å². The number of amides is 2. The van der Waals surface area contributed by atoms with Crippen LogP contribution in [0.4, 0.5) is 0 Å². The number of aliphatic carboxylic acids is 1. The van der Waals surface area contributed by atoms with Crippen molar-refractivity contribution < 1.29 is 24.6 Å². The van der Waals surface area contributed by atoms with Crippen LogP contribution < -0.4 is 5.32 Å². The van der Waals surface area contributed by atoms with Crippen molar-refractivity contribution in [2.45, 2.75) is 37.7 Å². The van der Waals surface area contributed by atoms with E-state index in [9.17, 15) is 24.6 Å². The van der Waals surface area contributed by atoms with Crippen LogP contribution >= 0.6 is 11.8 Å². The molecule has 3 rings (SSSR count). The van der Waals surface area contributed by atoms with E-state index >= 15 is 0 Å². The average molecular weight is 326 g/mol. The van der Waals surface area contributed by atoms with Gasteiger partial charge in [-0.15, -0.1) is 11.8 Å². The molecule has 1 unspecified atom stereocenters. The Kier molecular flexibility index (Phi) is 3.68. The summed E-state index contributed by atoms with van der Waals surface area (Å²) in [5.74, 6) is -2.20. The molecule has 7 nitrogen and oxygen atoms in total. The van der Waals surface area contributed by atoms with E-state index < -0.39 is 18.0 Å². The molecular formula is C14H18N2O5S. The lowest BCUT2D eigenvalue weighted by Crippen LogP contribution is -2.63. The second-order valence-corrected chi connectivity index (χ2v) is 7.36. The van der Waals surface area contributed by atoms with Crippen LogP contribution in [0.15, 0.2) is 10.6 Å². The number of carboxylic acid groups (broad SMARTS) is 1. The number of rotatable bonds is 4. The maximum absolute atomic E-state index is 12.2. The monoisotopic (exact) mass is 326 g/mol. The lowest BCUT2D eigenvalue weighted by Gasteiger charge is -2.46. The highest BCUT2D eigenvalue weighted by molar-refractivity contribution is 8.03. The minimum absolute atomic E-state index is 0.0156. The smallest absolute Gasteiger partial charge is 0.353 e. The Balaban J connectivity index is 1.88. The van der Waals surface area contributed by atoms with Gasteiger partial charge in [-0.05, 0) is 6.92 Å². The number of thioether (sulfide) groups is 1. The summed E-state index contributed by atoms with van der Waals surface area (Å²) in [7, 11) is 0. The fraction of sp³-hybridized carbons (Fsp3) is 0.643. The first kappa shape index (κ1) is 15.4. The third kappa shape index (κ3) is 2.13. The molecular weight excluding hydrogens is 308 g/mol. The number of aliphatic hydroxyl groups is 1. The number of carboxylic acids is 1. The van der Waals surface area contributed by atoms with Gasteiger partial charge in [-0.2, -0.15) is 0 Å². The van der Waals surface area contributed by atoms with Gasteiger partial charge >= 0.3 is 5.97 Å². The Morgan fingerprint density at radius 2 is 2.14 bits per heavy atom. The first-order chi connectivity index (χ1) is 10.3. The van der Waals surface area contributed by atoms with Crippen molar-refractivity contribution in [1.29, 1.82) is 0 Å². The Hall–Kier alpha value is -1.54. The third-order valence-corrected chi connectivity index (χ3v) is 6.03. The normalized spacial score (nSPS) is 35.3. The van der Waals surface area contributed by atoms with Gasteiger partial charge in [0.25, 0.3) is 0 Å². The van der Waals surface area contributed by atoms with Crippen molar-refractivity contribution >= 4 is 29.5 Å².